The van der Waals surface area contributed by atoms with Crippen LogP contribution in [0.15, 0.2) is 43.6 Å². The molecule has 0 aliphatic heterocycles. The Balaban J connectivity index is 1.66. The second-order valence-electron chi connectivity index (χ2n) is 6.14. The van der Waals surface area contributed by atoms with Crippen molar-refractivity contribution in [1.29, 1.82) is 0 Å². The minimum absolute atomic E-state index is 0.181. The molecule has 6 nitrogen and oxygen atoms in total. The van der Waals surface area contributed by atoms with Crippen LogP contribution in [0.1, 0.15) is 23.1 Å². The van der Waals surface area contributed by atoms with Crippen molar-refractivity contribution >= 4 is 44.3 Å². The fraction of sp³-hybridized carbons (Fsp3) is 0.211. The van der Waals surface area contributed by atoms with E-state index in [0.29, 0.717) is 28.3 Å². The first-order valence-corrected chi connectivity index (χ1v) is 9.04. The van der Waals surface area contributed by atoms with Crippen LogP contribution >= 0.6 is 11.3 Å². The number of benzene rings is 1. The molecule has 4 aromatic rings. The summed E-state index contributed by atoms with van der Waals surface area (Å²) in [6, 6.07) is 3.71. The van der Waals surface area contributed by atoms with Gasteiger partial charge in [0.05, 0.1) is 6.26 Å². The SMILES string of the molecule is Cc1coc2cc3oc(=O)c(CCC(=O)Nc4nccs4)c(C)c3cc12. The van der Waals surface area contributed by atoms with Gasteiger partial charge >= 0.3 is 5.63 Å². The summed E-state index contributed by atoms with van der Waals surface area (Å²) < 4.78 is 10.9. The molecule has 26 heavy (non-hydrogen) atoms. The third kappa shape index (κ3) is 2.90. The van der Waals surface area contributed by atoms with E-state index >= 15 is 0 Å². The van der Waals surface area contributed by atoms with Crippen LogP contribution in [0.4, 0.5) is 5.13 Å². The number of hydrogen-bond donors (Lipinski definition) is 1. The predicted octanol–water partition coefficient (Wildman–Crippen LogP) is 4.18. The van der Waals surface area contributed by atoms with Crippen LogP contribution in [0.25, 0.3) is 21.9 Å². The molecule has 3 aromatic heterocycles. The Labute approximate surface area is 152 Å². The van der Waals surface area contributed by atoms with Gasteiger partial charge in [-0.1, -0.05) is 0 Å². The molecule has 0 aliphatic carbocycles. The van der Waals surface area contributed by atoms with Crippen molar-refractivity contribution in [3.05, 3.63) is 57.1 Å². The average molecular weight is 368 g/mol. The van der Waals surface area contributed by atoms with Crippen LogP contribution in [0.5, 0.6) is 0 Å². The third-order valence-electron chi connectivity index (χ3n) is 4.46. The Hall–Kier alpha value is -2.93. The van der Waals surface area contributed by atoms with Crippen LogP contribution in [-0.4, -0.2) is 10.9 Å². The van der Waals surface area contributed by atoms with Gasteiger partial charge < -0.3 is 14.2 Å². The molecule has 0 bridgehead atoms. The van der Waals surface area contributed by atoms with Crippen molar-refractivity contribution in [2.75, 3.05) is 5.32 Å². The van der Waals surface area contributed by atoms with Crippen LogP contribution in [0, 0.1) is 13.8 Å². The summed E-state index contributed by atoms with van der Waals surface area (Å²) in [6.07, 6.45) is 3.80. The number of aromatic nitrogens is 1. The first kappa shape index (κ1) is 16.5. The number of amides is 1. The van der Waals surface area contributed by atoms with Crippen LogP contribution in [0.3, 0.4) is 0 Å². The molecule has 0 radical (unpaired) electrons. The number of thiazole rings is 1. The summed E-state index contributed by atoms with van der Waals surface area (Å²) in [5, 5.41) is 6.91. The maximum absolute atomic E-state index is 12.4. The van der Waals surface area contributed by atoms with Gasteiger partial charge in [-0.25, -0.2) is 9.78 Å². The number of furan rings is 1. The molecule has 0 unspecified atom stereocenters. The first-order chi connectivity index (χ1) is 12.5. The van der Waals surface area contributed by atoms with E-state index in [1.54, 1.807) is 23.9 Å². The van der Waals surface area contributed by atoms with Gasteiger partial charge in [-0.15, -0.1) is 11.3 Å². The number of nitrogens with one attached hydrogen (secondary N) is 1. The lowest BCUT2D eigenvalue weighted by molar-refractivity contribution is -0.116. The predicted molar refractivity (Wildman–Crippen MR) is 101 cm³/mol. The van der Waals surface area contributed by atoms with Gasteiger partial charge in [0.25, 0.3) is 0 Å². The van der Waals surface area contributed by atoms with Crippen molar-refractivity contribution in [1.82, 2.24) is 4.98 Å². The van der Waals surface area contributed by atoms with E-state index < -0.39 is 5.63 Å². The van der Waals surface area contributed by atoms with E-state index in [9.17, 15) is 9.59 Å². The van der Waals surface area contributed by atoms with Gasteiger partial charge in [-0.05, 0) is 37.5 Å². The highest BCUT2D eigenvalue weighted by atomic mass is 32.1. The summed E-state index contributed by atoms with van der Waals surface area (Å²) in [7, 11) is 0. The van der Waals surface area contributed by atoms with Crippen LogP contribution in [0.2, 0.25) is 0 Å². The molecule has 1 N–H and O–H groups in total. The molecular formula is C19H16N2O4S. The standard InChI is InChI=1S/C19H16N2O4S/c1-10-9-24-15-8-16-14(7-13(10)15)11(2)12(18(23)25-16)3-4-17(22)21-19-20-5-6-26-19/h5-9H,3-4H2,1-2H3,(H,20,21,22). The van der Waals surface area contributed by atoms with Gasteiger partial charge in [0, 0.05) is 40.4 Å². The molecule has 0 saturated carbocycles. The van der Waals surface area contributed by atoms with Gasteiger partial charge in [0.15, 0.2) is 5.13 Å². The van der Waals surface area contributed by atoms with E-state index in [4.69, 9.17) is 8.83 Å². The monoisotopic (exact) mass is 368 g/mol. The molecule has 4 rings (SSSR count). The molecule has 0 atom stereocenters. The average Bonchev–Trinajstić information content (AvgIpc) is 3.23. The summed E-state index contributed by atoms with van der Waals surface area (Å²) in [5.41, 5.74) is 3.14. The summed E-state index contributed by atoms with van der Waals surface area (Å²) >= 11 is 1.35. The van der Waals surface area contributed by atoms with Gasteiger partial charge in [0.2, 0.25) is 5.91 Å². The number of carbonyl (C=O) groups is 1. The highest BCUT2D eigenvalue weighted by Crippen LogP contribution is 2.29. The number of aryl methyl sites for hydroxylation is 2. The molecule has 1 amide bonds. The van der Waals surface area contributed by atoms with Crippen molar-refractivity contribution in [2.24, 2.45) is 0 Å². The Kier molecular flexibility index (Phi) is 4.08. The maximum Gasteiger partial charge on any atom is 0.339 e. The van der Waals surface area contributed by atoms with Crippen molar-refractivity contribution < 1.29 is 13.6 Å². The molecule has 0 fully saturated rings. The first-order valence-electron chi connectivity index (χ1n) is 8.16. The molecule has 0 saturated heterocycles. The van der Waals surface area contributed by atoms with Crippen molar-refractivity contribution in [3.63, 3.8) is 0 Å². The number of anilines is 1. The third-order valence-corrected chi connectivity index (χ3v) is 5.14. The Morgan fingerprint density at radius 3 is 2.85 bits per heavy atom. The zero-order valence-corrected chi connectivity index (χ0v) is 15.1. The second kappa shape index (κ2) is 6.42. The smallest absolute Gasteiger partial charge is 0.339 e. The van der Waals surface area contributed by atoms with Gasteiger partial charge in [-0.3, -0.25) is 4.79 Å². The zero-order valence-electron chi connectivity index (χ0n) is 14.3. The fourth-order valence-electron chi connectivity index (χ4n) is 3.03. The Bertz CT molecular complexity index is 1170. The number of nitrogens with zero attached hydrogens (tertiary/aromatic N) is 1. The Morgan fingerprint density at radius 2 is 2.08 bits per heavy atom. The molecule has 1 aromatic carbocycles. The largest absolute Gasteiger partial charge is 0.464 e. The minimum atomic E-state index is -0.417. The molecule has 0 aliphatic rings. The van der Waals surface area contributed by atoms with Crippen LogP contribution in [-0.2, 0) is 11.2 Å². The summed E-state index contributed by atoms with van der Waals surface area (Å²) in [5.74, 6) is -0.181. The highest BCUT2D eigenvalue weighted by Gasteiger charge is 2.15. The van der Waals surface area contributed by atoms with Crippen LogP contribution < -0.4 is 10.9 Å². The highest BCUT2D eigenvalue weighted by molar-refractivity contribution is 7.13. The molecule has 7 heteroatoms. The molecular weight excluding hydrogens is 352 g/mol. The van der Waals surface area contributed by atoms with Crippen molar-refractivity contribution in [2.45, 2.75) is 26.7 Å². The fourth-order valence-corrected chi connectivity index (χ4v) is 3.58. The number of fused-ring (bicyclic) bond motifs is 2. The van der Waals surface area contributed by atoms with E-state index in [1.807, 2.05) is 19.9 Å². The molecule has 132 valence electrons. The summed E-state index contributed by atoms with van der Waals surface area (Å²) in [4.78, 5) is 28.5. The number of carbonyl (C=O) groups excluding carboxylic acids is 1. The van der Waals surface area contributed by atoms with Crippen molar-refractivity contribution in [3.8, 4) is 0 Å². The van der Waals surface area contributed by atoms with Gasteiger partial charge in [0.1, 0.15) is 11.2 Å². The lowest BCUT2D eigenvalue weighted by Crippen LogP contribution is -2.16. The number of hydrogen-bond acceptors (Lipinski definition) is 6. The maximum atomic E-state index is 12.4. The summed E-state index contributed by atoms with van der Waals surface area (Å²) in [6.45, 7) is 3.85. The zero-order chi connectivity index (χ0) is 18.3. The van der Waals surface area contributed by atoms with E-state index in [1.165, 1.54) is 11.3 Å². The Morgan fingerprint density at radius 1 is 1.23 bits per heavy atom. The van der Waals surface area contributed by atoms with Gasteiger partial charge in [-0.2, -0.15) is 0 Å². The second-order valence-corrected chi connectivity index (χ2v) is 7.04. The lowest BCUT2D eigenvalue weighted by atomic mass is 10.0. The molecule has 0 spiro atoms. The quantitative estimate of drug-likeness (QED) is 0.546. The minimum Gasteiger partial charge on any atom is -0.464 e. The van der Waals surface area contributed by atoms with E-state index in [-0.39, 0.29) is 12.3 Å². The van der Waals surface area contributed by atoms with E-state index in [2.05, 4.69) is 10.3 Å². The lowest BCUT2D eigenvalue weighted by Gasteiger charge is -2.08. The topological polar surface area (TPSA) is 85.3 Å². The number of rotatable bonds is 4. The van der Waals surface area contributed by atoms with E-state index in [0.717, 1.165) is 21.9 Å². The normalized spacial score (nSPS) is 11.3. The molecule has 3 heterocycles.